The number of nitrogens with one attached hydrogen (secondary N) is 1. The van der Waals surface area contributed by atoms with Crippen LogP contribution in [0.25, 0.3) is 11.4 Å². The van der Waals surface area contributed by atoms with Gasteiger partial charge in [-0.15, -0.1) is 0 Å². The van der Waals surface area contributed by atoms with Gasteiger partial charge in [-0.1, -0.05) is 6.07 Å². The highest BCUT2D eigenvalue weighted by Gasteiger charge is 2.49. The predicted molar refractivity (Wildman–Crippen MR) is 120 cm³/mol. The third-order valence-electron chi connectivity index (χ3n) is 5.92. The second-order valence-corrected chi connectivity index (χ2v) is 10.3. The molecule has 1 N–H and O–H groups in total. The molecule has 190 valence electrons. The average Bonchev–Trinajstić information content (AvgIpc) is 3.26. The summed E-state index contributed by atoms with van der Waals surface area (Å²) in [5.74, 6) is -1.15. The van der Waals surface area contributed by atoms with Gasteiger partial charge in [-0.25, -0.2) is 27.8 Å². The molecule has 0 unspecified atom stereocenters. The van der Waals surface area contributed by atoms with E-state index in [1.807, 2.05) is 0 Å². The lowest BCUT2D eigenvalue weighted by Gasteiger charge is -2.33. The molecule has 4 rings (SSSR count). The summed E-state index contributed by atoms with van der Waals surface area (Å²) in [7, 11) is -4.07. The molecule has 13 heteroatoms. The van der Waals surface area contributed by atoms with Gasteiger partial charge in [-0.05, 0) is 62.2 Å². The fourth-order valence-corrected chi connectivity index (χ4v) is 5.82. The van der Waals surface area contributed by atoms with Crippen LogP contribution in [0.4, 0.5) is 17.6 Å². The lowest BCUT2D eigenvalue weighted by atomic mass is 9.99. The van der Waals surface area contributed by atoms with Gasteiger partial charge < -0.3 is 5.32 Å². The molecule has 0 radical (unpaired) electrons. The number of hydrogen-bond acceptors (Lipinski definition) is 6. The van der Waals surface area contributed by atoms with Gasteiger partial charge in [0.15, 0.2) is 0 Å². The number of hydrogen-bond donors (Lipinski definition) is 1. The Morgan fingerprint density at radius 2 is 1.83 bits per heavy atom. The summed E-state index contributed by atoms with van der Waals surface area (Å²) in [5.41, 5.74) is -2.05. The van der Waals surface area contributed by atoms with E-state index in [1.54, 1.807) is 0 Å². The van der Waals surface area contributed by atoms with Gasteiger partial charge in [0, 0.05) is 6.54 Å². The summed E-state index contributed by atoms with van der Waals surface area (Å²) in [6.45, 7) is 1.50. The number of carbonyl (C=O) groups is 1. The Labute approximate surface area is 204 Å². The maximum atomic E-state index is 13.3. The number of aromatic nitrogens is 3. The van der Waals surface area contributed by atoms with E-state index in [-0.39, 0.29) is 35.8 Å². The SMILES string of the molecule is C[C@@]1(C(=O)NCc2cc(-c3cccc(C(F)(F)F)n3)ncn2)CCCN1S(=O)(=O)c1ccc(F)cc1. The first-order chi connectivity index (χ1) is 16.9. The third kappa shape index (κ3) is 5.07. The van der Waals surface area contributed by atoms with E-state index >= 15 is 0 Å². The number of sulfonamides is 1. The highest BCUT2D eigenvalue weighted by atomic mass is 32.2. The van der Waals surface area contributed by atoms with Gasteiger partial charge in [0.1, 0.15) is 23.4 Å². The zero-order chi connectivity index (χ0) is 26.1. The van der Waals surface area contributed by atoms with E-state index < -0.39 is 39.2 Å². The molecule has 1 fully saturated rings. The van der Waals surface area contributed by atoms with Crippen molar-refractivity contribution in [1.82, 2.24) is 24.6 Å². The van der Waals surface area contributed by atoms with Gasteiger partial charge >= 0.3 is 6.18 Å². The zero-order valence-corrected chi connectivity index (χ0v) is 19.8. The first-order valence-electron chi connectivity index (χ1n) is 10.8. The van der Waals surface area contributed by atoms with E-state index in [0.29, 0.717) is 12.1 Å². The lowest BCUT2D eigenvalue weighted by molar-refractivity contribution is -0.141. The molecule has 1 atom stereocenters. The maximum absolute atomic E-state index is 13.3. The molecule has 3 aromatic rings. The summed E-state index contributed by atoms with van der Waals surface area (Å²) in [5, 5.41) is 2.66. The maximum Gasteiger partial charge on any atom is 0.433 e. The minimum absolute atomic E-state index is 0.0147. The van der Waals surface area contributed by atoms with Crippen molar-refractivity contribution in [1.29, 1.82) is 0 Å². The fourth-order valence-electron chi connectivity index (χ4n) is 4.02. The first-order valence-corrected chi connectivity index (χ1v) is 12.3. The predicted octanol–water partition coefficient (Wildman–Crippen LogP) is 3.56. The van der Waals surface area contributed by atoms with Crippen LogP contribution in [0.1, 0.15) is 31.2 Å². The first kappa shape index (κ1) is 25.6. The molecule has 0 aliphatic carbocycles. The number of halogens is 4. The molecular formula is C23H21F4N5O3S. The van der Waals surface area contributed by atoms with E-state index in [1.165, 1.54) is 25.1 Å². The molecule has 36 heavy (non-hydrogen) atoms. The molecule has 1 amide bonds. The average molecular weight is 524 g/mol. The monoisotopic (exact) mass is 523 g/mol. The Hall–Kier alpha value is -3.45. The Morgan fingerprint density at radius 3 is 2.53 bits per heavy atom. The second-order valence-electron chi connectivity index (χ2n) is 8.39. The highest BCUT2D eigenvalue weighted by Crippen LogP contribution is 2.35. The van der Waals surface area contributed by atoms with Crippen molar-refractivity contribution >= 4 is 15.9 Å². The largest absolute Gasteiger partial charge is 0.433 e. The Balaban J connectivity index is 1.51. The number of pyridine rings is 1. The van der Waals surface area contributed by atoms with Crippen molar-refractivity contribution in [2.24, 2.45) is 0 Å². The van der Waals surface area contributed by atoms with Gasteiger partial charge in [0.05, 0.1) is 28.5 Å². The van der Waals surface area contributed by atoms with Crippen molar-refractivity contribution in [3.05, 3.63) is 72.1 Å². The highest BCUT2D eigenvalue weighted by molar-refractivity contribution is 7.89. The second kappa shape index (κ2) is 9.54. The summed E-state index contributed by atoms with van der Waals surface area (Å²) < 4.78 is 79.7. The van der Waals surface area contributed by atoms with Crippen LogP contribution in [0, 0.1) is 5.82 Å². The molecule has 1 aliphatic rings. The summed E-state index contributed by atoms with van der Waals surface area (Å²) in [6, 6.07) is 9.19. The van der Waals surface area contributed by atoms with Crippen LogP contribution in [0.5, 0.6) is 0 Å². The van der Waals surface area contributed by atoms with Crippen molar-refractivity contribution < 1.29 is 30.8 Å². The molecule has 1 saturated heterocycles. The van der Waals surface area contributed by atoms with Crippen LogP contribution in [-0.2, 0) is 27.5 Å². The van der Waals surface area contributed by atoms with Crippen molar-refractivity contribution in [3.63, 3.8) is 0 Å². The van der Waals surface area contributed by atoms with Gasteiger partial charge in [0.25, 0.3) is 0 Å². The molecule has 8 nitrogen and oxygen atoms in total. The van der Waals surface area contributed by atoms with Crippen LogP contribution in [0.15, 0.2) is 59.8 Å². The van der Waals surface area contributed by atoms with Crippen molar-refractivity contribution in [3.8, 4) is 11.4 Å². The minimum Gasteiger partial charge on any atom is -0.349 e. The zero-order valence-electron chi connectivity index (χ0n) is 19.0. The van der Waals surface area contributed by atoms with Gasteiger partial charge in [-0.2, -0.15) is 17.5 Å². The van der Waals surface area contributed by atoms with Crippen molar-refractivity contribution in [2.45, 2.75) is 42.9 Å². The Morgan fingerprint density at radius 1 is 1.11 bits per heavy atom. The van der Waals surface area contributed by atoms with Crippen LogP contribution in [0.2, 0.25) is 0 Å². The number of rotatable bonds is 6. The number of nitrogens with zero attached hydrogens (tertiary/aromatic N) is 4. The number of benzene rings is 1. The standard InChI is InChI=1S/C23H21F4N5O3S/c1-22(10-3-11-32(22)36(34,35)17-8-6-15(24)7-9-17)21(33)28-13-16-12-19(30-14-29-16)18-4-2-5-20(31-18)23(25,26)27/h2,4-9,12,14H,3,10-11,13H2,1H3,(H,28,33)/t22-/m0/s1. The molecule has 0 saturated carbocycles. The normalized spacial score (nSPS) is 18.8. The lowest BCUT2D eigenvalue weighted by Crippen LogP contribution is -2.55. The molecule has 1 aliphatic heterocycles. The number of carbonyl (C=O) groups excluding carboxylic acids is 1. The van der Waals surface area contributed by atoms with Crippen LogP contribution in [0.3, 0.4) is 0 Å². The topological polar surface area (TPSA) is 105 Å². The molecular weight excluding hydrogens is 502 g/mol. The molecule has 3 heterocycles. The van der Waals surface area contributed by atoms with E-state index in [4.69, 9.17) is 0 Å². The molecule has 2 aromatic heterocycles. The van der Waals surface area contributed by atoms with E-state index in [0.717, 1.165) is 41.0 Å². The molecule has 1 aromatic carbocycles. The molecule has 0 bridgehead atoms. The third-order valence-corrected chi connectivity index (χ3v) is 7.96. The quantitative estimate of drug-likeness (QED) is 0.496. The van der Waals surface area contributed by atoms with Gasteiger partial charge in [-0.3, -0.25) is 4.79 Å². The number of amides is 1. The van der Waals surface area contributed by atoms with Crippen LogP contribution >= 0.6 is 0 Å². The van der Waals surface area contributed by atoms with Crippen molar-refractivity contribution in [2.75, 3.05) is 6.54 Å². The van der Waals surface area contributed by atoms with Crippen LogP contribution < -0.4 is 5.32 Å². The van der Waals surface area contributed by atoms with Crippen LogP contribution in [-0.4, -0.2) is 45.7 Å². The minimum atomic E-state index is -4.61. The Kier molecular flexibility index (Phi) is 6.80. The Bertz CT molecular complexity index is 1380. The molecule has 0 spiro atoms. The summed E-state index contributed by atoms with van der Waals surface area (Å²) in [6.07, 6.45) is -2.76. The smallest absolute Gasteiger partial charge is 0.349 e. The van der Waals surface area contributed by atoms with E-state index in [9.17, 15) is 30.8 Å². The summed E-state index contributed by atoms with van der Waals surface area (Å²) in [4.78, 5) is 24.6. The number of alkyl halides is 3. The van der Waals surface area contributed by atoms with Gasteiger partial charge in [0.2, 0.25) is 15.9 Å². The summed E-state index contributed by atoms with van der Waals surface area (Å²) >= 11 is 0. The fraction of sp³-hybridized carbons (Fsp3) is 0.304. The van der Waals surface area contributed by atoms with E-state index in [2.05, 4.69) is 20.3 Å².